The van der Waals surface area contributed by atoms with E-state index in [1.54, 1.807) is 13.2 Å². The molecule has 3 aromatic rings. The number of ether oxygens (including phenoxy) is 1. The maximum atomic E-state index is 12.2. The number of fused-ring (bicyclic) bond motifs is 1. The van der Waals surface area contributed by atoms with E-state index in [2.05, 4.69) is 4.99 Å². The zero-order chi connectivity index (χ0) is 18.7. The third kappa shape index (κ3) is 3.58. The van der Waals surface area contributed by atoms with Crippen molar-refractivity contribution in [3.8, 4) is 5.75 Å². The predicted octanol–water partition coefficient (Wildman–Crippen LogP) is 3.84. The number of thiazole rings is 1. The molecule has 0 radical (unpaired) electrons. The summed E-state index contributed by atoms with van der Waals surface area (Å²) >= 11 is 2.42. The van der Waals surface area contributed by atoms with E-state index < -0.39 is 10.8 Å². The summed E-state index contributed by atoms with van der Waals surface area (Å²) in [6.45, 7) is 2.62. The SMILES string of the molecule is CCn1c(=NC(=O)C=Cc2ccc([N+](=O)[O-])s2)sc2cccc(OC)c21. The van der Waals surface area contributed by atoms with Gasteiger partial charge in [-0.15, -0.1) is 0 Å². The zero-order valence-corrected chi connectivity index (χ0v) is 15.7. The Kier molecular flexibility index (Phi) is 5.29. The van der Waals surface area contributed by atoms with Crippen molar-refractivity contribution in [1.29, 1.82) is 0 Å². The smallest absolute Gasteiger partial charge is 0.324 e. The summed E-state index contributed by atoms with van der Waals surface area (Å²) in [4.78, 5) is 27.8. The van der Waals surface area contributed by atoms with Crippen LogP contribution >= 0.6 is 22.7 Å². The Morgan fingerprint density at radius 2 is 2.15 bits per heavy atom. The van der Waals surface area contributed by atoms with Crippen LogP contribution in [0, 0.1) is 10.1 Å². The van der Waals surface area contributed by atoms with Gasteiger partial charge in [0.25, 0.3) is 5.91 Å². The number of aromatic nitrogens is 1. The average molecular weight is 389 g/mol. The molecule has 0 unspecified atom stereocenters. The highest BCUT2D eigenvalue weighted by Crippen LogP contribution is 2.27. The molecule has 1 amide bonds. The van der Waals surface area contributed by atoms with E-state index in [4.69, 9.17) is 4.74 Å². The van der Waals surface area contributed by atoms with Gasteiger partial charge in [-0.1, -0.05) is 28.7 Å². The Labute approximate surface area is 156 Å². The van der Waals surface area contributed by atoms with Gasteiger partial charge in [0.2, 0.25) is 0 Å². The van der Waals surface area contributed by atoms with E-state index in [0.29, 0.717) is 16.2 Å². The van der Waals surface area contributed by atoms with Gasteiger partial charge in [-0.05, 0) is 31.2 Å². The van der Waals surface area contributed by atoms with E-state index in [1.807, 2.05) is 29.7 Å². The van der Waals surface area contributed by atoms with Crippen LogP contribution in [0.5, 0.6) is 5.75 Å². The summed E-state index contributed by atoms with van der Waals surface area (Å²) in [5.74, 6) is 0.310. The summed E-state index contributed by atoms with van der Waals surface area (Å²) in [7, 11) is 1.61. The van der Waals surface area contributed by atoms with Gasteiger partial charge in [0.05, 0.1) is 16.7 Å². The first-order valence-electron chi connectivity index (χ1n) is 7.70. The molecule has 7 nitrogen and oxygen atoms in total. The molecule has 134 valence electrons. The topological polar surface area (TPSA) is 86.7 Å². The fourth-order valence-electron chi connectivity index (χ4n) is 2.46. The minimum Gasteiger partial charge on any atom is -0.495 e. The molecule has 26 heavy (non-hydrogen) atoms. The molecule has 9 heteroatoms. The molecule has 2 aromatic heterocycles. The Morgan fingerprint density at radius 1 is 1.35 bits per heavy atom. The minimum atomic E-state index is -0.455. The van der Waals surface area contributed by atoms with Crippen LogP contribution < -0.4 is 9.54 Å². The van der Waals surface area contributed by atoms with Crippen LogP contribution in [0.1, 0.15) is 11.8 Å². The number of rotatable bonds is 5. The third-order valence-electron chi connectivity index (χ3n) is 3.59. The van der Waals surface area contributed by atoms with Crippen LogP contribution in [0.3, 0.4) is 0 Å². The van der Waals surface area contributed by atoms with Crippen molar-refractivity contribution in [1.82, 2.24) is 4.57 Å². The monoisotopic (exact) mass is 389 g/mol. The van der Waals surface area contributed by atoms with Crippen LogP contribution in [0.15, 0.2) is 41.4 Å². The lowest BCUT2D eigenvalue weighted by atomic mass is 10.3. The van der Waals surface area contributed by atoms with E-state index in [0.717, 1.165) is 27.3 Å². The summed E-state index contributed by atoms with van der Waals surface area (Å²) in [6.07, 6.45) is 2.85. The molecule has 0 aliphatic carbocycles. The lowest BCUT2D eigenvalue weighted by Crippen LogP contribution is -2.15. The highest BCUT2D eigenvalue weighted by molar-refractivity contribution is 7.16. The number of carbonyl (C=O) groups is 1. The van der Waals surface area contributed by atoms with Gasteiger partial charge in [-0.2, -0.15) is 4.99 Å². The van der Waals surface area contributed by atoms with Gasteiger partial charge in [-0.3, -0.25) is 14.9 Å². The summed E-state index contributed by atoms with van der Waals surface area (Å²) < 4.78 is 8.32. The van der Waals surface area contributed by atoms with Gasteiger partial charge in [0.1, 0.15) is 11.3 Å². The van der Waals surface area contributed by atoms with Gasteiger partial charge >= 0.3 is 5.00 Å². The Balaban J connectivity index is 1.94. The summed E-state index contributed by atoms with van der Waals surface area (Å²) in [5.41, 5.74) is 0.909. The number of amides is 1. The maximum absolute atomic E-state index is 12.2. The molecule has 1 aromatic carbocycles. The Hall–Kier alpha value is -2.78. The summed E-state index contributed by atoms with van der Waals surface area (Å²) in [6, 6.07) is 8.74. The number of aryl methyl sites for hydroxylation is 1. The predicted molar refractivity (Wildman–Crippen MR) is 103 cm³/mol. The number of nitrogens with zero attached hydrogens (tertiary/aromatic N) is 3. The molecule has 0 N–H and O–H groups in total. The number of para-hydroxylation sites is 1. The van der Waals surface area contributed by atoms with E-state index in [1.165, 1.54) is 29.6 Å². The highest BCUT2D eigenvalue weighted by atomic mass is 32.1. The van der Waals surface area contributed by atoms with Crippen molar-refractivity contribution in [2.75, 3.05) is 7.11 Å². The number of thiophene rings is 1. The van der Waals surface area contributed by atoms with Crippen LogP contribution in [0.4, 0.5) is 5.00 Å². The number of carbonyl (C=O) groups excluding carboxylic acids is 1. The van der Waals surface area contributed by atoms with Gasteiger partial charge in [-0.25, -0.2) is 0 Å². The molecule has 2 heterocycles. The van der Waals surface area contributed by atoms with Crippen molar-refractivity contribution in [2.24, 2.45) is 4.99 Å². The van der Waals surface area contributed by atoms with E-state index in [-0.39, 0.29) is 5.00 Å². The van der Waals surface area contributed by atoms with Crippen LogP contribution in [-0.4, -0.2) is 22.5 Å². The first-order valence-corrected chi connectivity index (χ1v) is 9.34. The van der Waals surface area contributed by atoms with Crippen molar-refractivity contribution < 1.29 is 14.5 Å². The fourth-order valence-corrected chi connectivity index (χ4v) is 4.30. The molecular formula is C17H15N3O4S2. The first-order chi connectivity index (χ1) is 12.5. The fraction of sp³-hybridized carbons (Fsp3) is 0.176. The van der Waals surface area contributed by atoms with Crippen LogP contribution in [0.25, 0.3) is 16.3 Å². The molecule has 0 saturated heterocycles. The molecule has 0 spiro atoms. The van der Waals surface area contributed by atoms with Gasteiger partial charge in [0, 0.05) is 23.6 Å². The maximum Gasteiger partial charge on any atom is 0.324 e. The zero-order valence-electron chi connectivity index (χ0n) is 14.0. The first kappa shape index (κ1) is 18.0. The molecule has 0 aliphatic heterocycles. The molecule has 0 saturated carbocycles. The van der Waals surface area contributed by atoms with Gasteiger partial charge in [0.15, 0.2) is 4.80 Å². The van der Waals surface area contributed by atoms with E-state index >= 15 is 0 Å². The third-order valence-corrected chi connectivity index (χ3v) is 5.63. The largest absolute Gasteiger partial charge is 0.495 e. The van der Waals surface area contributed by atoms with E-state index in [9.17, 15) is 14.9 Å². The van der Waals surface area contributed by atoms with Crippen molar-refractivity contribution in [3.05, 3.63) is 56.2 Å². The molecule has 0 bridgehead atoms. The van der Waals surface area contributed by atoms with Gasteiger partial charge < -0.3 is 9.30 Å². The molecule has 0 aliphatic rings. The number of nitro groups is 1. The molecule has 3 rings (SSSR count). The Bertz CT molecular complexity index is 1080. The quantitative estimate of drug-likeness (QED) is 0.377. The lowest BCUT2D eigenvalue weighted by molar-refractivity contribution is -0.380. The second-order valence-electron chi connectivity index (χ2n) is 5.15. The van der Waals surface area contributed by atoms with Crippen LogP contribution in [-0.2, 0) is 11.3 Å². The van der Waals surface area contributed by atoms with Crippen molar-refractivity contribution in [3.63, 3.8) is 0 Å². The summed E-state index contributed by atoms with van der Waals surface area (Å²) in [5, 5.41) is 10.7. The normalized spacial score (nSPS) is 12.2. The second-order valence-corrected chi connectivity index (χ2v) is 7.26. The number of hydrogen-bond donors (Lipinski definition) is 0. The highest BCUT2D eigenvalue weighted by Gasteiger charge is 2.11. The van der Waals surface area contributed by atoms with Crippen molar-refractivity contribution in [2.45, 2.75) is 13.5 Å². The Morgan fingerprint density at radius 3 is 2.81 bits per heavy atom. The molecule has 0 fully saturated rings. The van der Waals surface area contributed by atoms with Crippen molar-refractivity contribution >= 4 is 49.9 Å². The average Bonchev–Trinajstić information content (AvgIpc) is 3.23. The minimum absolute atomic E-state index is 0.0365. The molecular weight excluding hydrogens is 374 g/mol. The second kappa shape index (κ2) is 7.63. The number of benzene rings is 1. The number of hydrogen-bond acceptors (Lipinski definition) is 6. The standard InChI is InChI=1S/C17H15N3O4S2/c1-3-19-16-12(24-2)5-4-6-13(16)26-17(19)18-14(21)9-7-11-8-10-15(25-11)20(22)23/h4-10H,3H2,1-2H3. The number of methoxy groups -OCH3 is 1. The lowest BCUT2D eigenvalue weighted by Gasteiger charge is -2.05. The molecule has 0 atom stereocenters. The van der Waals surface area contributed by atoms with Crippen LogP contribution in [0.2, 0.25) is 0 Å².